The van der Waals surface area contributed by atoms with Crippen LogP contribution in [0.5, 0.6) is 0 Å². The molecule has 1 aliphatic rings. The molecule has 5 rings (SSSR count). The summed E-state index contributed by atoms with van der Waals surface area (Å²) in [5, 5.41) is 4.15. The van der Waals surface area contributed by atoms with Gasteiger partial charge in [0, 0.05) is 28.2 Å². The van der Waals surface area contributed by atoms with Crippen molar-refractivity contribution in [1.29, 1.82) is 0 Å². The van der Waals surface area contributed by atoms with Crippen LogP contribution >= 0.6 is 0 Å². The van der Waals surface area contributed by atoms with E-state index in [9.17, 15) is 18.0 Å². The van der Waals surface area contributed by atoms with Crippen molar-refractivity contribution in [2.45, 2.75) is 58.5 Å². The number of hydrogen-bond donors (Lipinski definition) is 2. The lowest BCUT2D eigenvalue weighted by molar-refractivity contribution is -0.137. The number of nitrogens with zero attached hydrogens (tertiary/aromatic N) is 1. The van der Waals surface area contributed by atoms with Crippen molar-refractivity contribution >= 4 is 22.5 Å². The molecule has 3 aromatic carbocycles. The summed E-state index contributed by atoms with van der Waals surface area (Å²) in [6.07, 6.45) is -0.387. The Kier molecular flexibility index (Phi) is 8.55. The number of anilines is 1. The SMILES string of the molecule is Cc1ccc2[nH]c(-c3ccc(C(F)(F)F)cc3)c(CCCN3CCC(c4cccc(NC(=O)C(C)C)c4)CC3)c2c1. The van der Waals surface area contributed by atoms with E-state index in [1.54, 1.807) is 12.1 Å². The number of nitrogens with one attached hydrogen (secondary N) is 2. The number of aromatic amines is 1. The fourth-order valence-corrected chi connectivity index (χ4v) is 5.82. The predicted molar refractivity (Wildman–Crippen MR) is 160 cm³/mol. The van der Waals surface area contributed by atoms with Gasteiger partial charge >= 0.3 is 6.18 Å². The molecule has 0 unspecified atom stereocenters. The maximum Gasteiger partial charge on any atom is 0.416 e. The highest BCUT2D eigenvalue weighted by Crippen LogP contribution is 2.35. The highest BCUT2D eigenvalue weighted by Gasteiger charge is 2.30. The van der Waals surface area contributed by atoms with E-state index in [4.69, 9.17) is 0 Å². The second-order valence-electron chi connectivity index (χ2n) is 11.6. The van der Waals surface area contributed by atoms with Crippen LogP contribution in [0, 0.1) is 12.8 Å². The van der Waals surface area contributed by atoms with Crippen molar-refractivity contribution in [1.82, 2.24) is 9.88 Å². The van der Waals surface area contributed by atoms with Crippen LogP contribution in [0.4, 0.5) is 18.9 Å². The summed E-state index contributed by atoms with van der Waals surface area (Å²) in [6, 6.07) is 20.0. The van der Waals surface area contributed by atoms with Crippen LogP contribution in [0.3, 0.4) is 0 Å². The number of hydrogen-bond acceptors (Lipinski definition) is 2. The summed E-state index contributed by atoms with van der Waals surface area (Å²) >= 11 is 0. The second kappa shape index (κ2) is 12.1. The third-order valence-electron chi connectivity index (χ3n) is 8.20. The van der Waals surface area contributed by atoms with Crippen molar-refractivity contribution in [3.8, 4) is 11.3 Å². The first-order valence-electron chi connectivity index (χ1n) is 14.5. The van der Waals surface area contributed by atoms with Crippen molar-refractivity contribution in [3.05, 3.63) is 89.0 Å². The Morgan fingerprint density at radius 3 is 2.44 bits per heavy atom. The summed E-state index contributed by atoms with van der Waals surface area (Å²) in [4.78, 5) is 18.1. The van der Waals surface area contributed by atoms with Gasteiger partial charge in [0.2, 0.25) is 5.91 Å². The number of carbonyl (C=O) groups excluding carboxylic acids is 1. The van der Waals surface area contributed by atoms with Gasteiger partial charge in [-0.2, -0.15) is 13.2 Å². The smallest absolute Gasteiger partial charge is 0.354 e. The first-order valence-corrected chi connectivity index (χ1v) is 14.5. The quantitative estimate of drug-likeness (QED) is 0.226. The van der Waals surface area contributed by atoms with E-state index in [1.807, 2.05) is 26.0 Å². The average Bonchev–Trinajstić information content (AvgIpc) is 3.30. The first kappa shape index (κ1) is 28.9. The first-order chi connectivity index (χ1) is 19.6. The molecule has 0 saturated carbocycles. The lowest BCUT2D eigenvalue weighted by atomic mass is 9.89. The van der Waals surface area contributed by atoms with Crippen molar-refractivity contribution in [2.75, 3.05) is 25.0 Å². The van der Waals surface area contributed by atoms with Gasteiger partial charge in [-0.15, -0.1) is 0 Å². The number of halogens is 3. The van der Waals surface area contributed by atoms with Crippen LogP contribution < -0.4 is 5.32 Å². The van der Waals surface area contributed by atoms with Gasteiger partial charge in [0.15, 0.2) is 0 Å². The highest BCUT2D eigenvalue weighted by atomic mass is 19.4. The third-order valence-corrected chi connectivity index (χ3v) is 8.20. The molecule has 1 fully saturated rings. The van der Waals surface area contributed by atoms with Crippen molar-refractivity contribution in [2.24, 2.45) is 5.92 Å². The number of alkyl halides is 3. The minimum atomic E-state index is -4.35. The zero-order valence-corrected chi connectivity index (χ0v) is 23.9. The van der Waals surface area contributed by atoms with E-state index in [0.717, 1.165) is 90.9 Å². The Balaban J connectivity index is 1.23. The number of likely N-dealkylation sites (tertiary alicyclic amines) is 1. The Morgan fingerprint density at radius 2 is 1.76 bits per heavy atom. The molecule has 1 saturated heterocycles. The maximum atomic E-state index is 13.1. The Bertz CT molecular complexity index is 1500. The Hall–Kier alpha value is -3.58. The van der Waals surface area contributed by atoms with Crippen molar-refractivity contribution in [3.63, 3.8) is 0 Å². The van der Waals surface area contributed by atoms with Crippen LogP contribution in [0.2, 0.25) is 0 Å². The number of amides is 1. The normalized spacial score (nSPS) is 15.1. The fraction of sp³-hybridized carbons (Fsp3) is 0.382. The largest absolute Gasteiger partial charge is 0.416 e. The number of benzene rings is 3. The number of fused-ring (bicyclic) bond motifs is 1. The number of rotatable bonds is 8. The molecule has 4 nitrogen and oxygen atoms in total. The summed E-state index contributed by atoms with van der Waals surface area (Å²) < 4.78 is 39.4. The lowest BCUT2D eigenvalue weighted by Gasteiger charge is -2.32. The topological polar surface area (TPSA) is 48.1 Å². The zero-order valence-electron chi connectivity index (χ0n) is 23.9. The standard InChI is InChI=1S/C34H38F3N3O/c1-22(2)33(41)38-28-7-4-6-26(21-28)24-15-18-40(19-16-24)17-5-8-29-30-20-23(3)9-14-31(30)39-32(29)25-10-12-27(13-11-25)34(35,36)37/h4,6-7,9-14,20-22,24,39H,5,8,15-19H2,1-3H3,(H,38,41). The molecule has 1 amide bonds. The molecule has 0 bridgehead atoms. The summed E-state index contributed by atoms with van der Waals surface area (Å²) in [6.45, 7) is 8.86. The molecule has 1 aliphatic heterocycles. The molecular formula is C34H38F3N3O. The second-order valence-corrected chi connectivity index (χ2v) is 11.6. The number of piperidine rings is 1. The predicted octanol–water partition coefficient (Wildman–Crippen LogP) is 8.57. The molecule has 216 valence electrons. The van der Waals surface area contributed by atoms with E-state index in [0.29, 0.717) is 5.92 Å². The lowest BCUT2D eigenvalue weighted by Crippen LogP contribution is -2.33. The van der Waals surface area contributed by atoms with E-state index in [-0.39, 0.29) is 11.8 Å². The minimum absolute atomic E-state index is 0.0313. The van der Waals surface area contributed by atoms with Crippen LogP contribution in [0.25, 0.3) is 22.2 Å². The molecule has 2 heterocycles. The molecule has 2 N–H and O–H groups in total. The van der Waals surface area contributed by atoms with Gasteiger partial charge in [-0.1, -0.05) is 49.7 Å². The molecule has 0 atom stereocenters. The molecule has 4 aromatic rings. The van der Waals surface area contributed by atoms with Gasteiger partial charge in [-0.25, -0.2) is 0 Å². The van der Waals surface area contributed by atoms with E-state index >= 15 is 0 Å². The molecule has 0 spiro atoms. The monoisotopic (exact) mass is 561 g/mol. The summed E-state index contributed by atoms with van der Waals surface area (Å²) in [7, 11) is 0. The maximum absolute atomic E-state index is 13.1. The Morgan fingerprint density at radius 1 is 1.02 bits per heavy atom. The Labute approximate surface area is 240 Å². The zero-order chi connectivity index (χ0) is 29.1. The van der Waals surface area contributed by atoms with Crippen LogP contribution in [0.1, 0.15) is 61.3 Å². The minimum Gasteiger partial charge on any atom is -0.354 e. The third kappa shape index (κ3) is 6.84. The summed E-state index contributed by atoms with van der Waals surface area (Å²) in [5.74, 6) is 0.454. The highest BCUT2D eigenvalue weighted by molar-refractivity contribution is 5.92. The van der Waals surface area contributed by atoms with E-state index < -0.39 is 11.7 Å². The van der Waals surface area contributed by atoms with Crippen molar-refractivity contribution < 1.29 is 18.0 Å². The van der Waals surface area contributed by atoms with Gasteiger partial charge in [0.05, 0.1) is 5.56 Å². The van der Waals surface area contributed by atoms with Gasteiger partial charge < -0.3 is 15.2 Å². The van der Waals surface area contributed by atoms with Gasteiger partial charge in [-0.05, 0) is 111 Å². The van der Waals surface area contributed by atoms with E-state index in [1.165, 1.54) is 11.1 Å². The summed E-state index contributed by atoms with van der Waals surface area (Å²) in [5.41, 5.74) is 6.52. The molecule has 0 radical (unpaired) electrons. The molecule has 41 heavy (non-hydrogen) atoms. The van der Waals surface area contributed by atoms with E-state index in [2.05, 4.69) is 52.5 Å². The number of H-pyrrole nitrogens is 1. The van der Waals surface area contributed by atoms with Gasteiger partial charge in [0.1, 0.15) is 0 Å². The number of aryl methyl sites for hydroxylation is 2. The van der Waals surface area contributed by atoms with Crippen LogP contribution in [0.15, 0.2) is 66.7 Å². The average molecular weight is 562 g/mol. The molecular weight excluding hydrogens is 523 g/mol. The molecule has 0 aliphatic carbocycles. The van der Waals surface area contributed by atoms with Gasteiger partial charge in [0.25, 0.3) is 0 Å². The van der Waals surface area contributed by atoms with Gasteiger partial charge in [-0.3, -0.25) is 4.79 Å². The molecule has 7 heteroatoms. The van der Waals surface area contributed by atoms with Crippen LogP contribution in [-0.4, -0.2) is 35.4 Å². The van der Waals surface area contributed by atoms with Crippen LogP contribution in [-0.2, 0) is 17.4 Å². The number of carbonyl (C=O) groups is 1. The fourth-order valence-electron chi connectivity index (χ4n) is 5.82. The number of aromatic nitrogens is 1. The molecule has 1 aromatic heterocycles.